The van der Waals surface area contributed by atoms with Crippen LogP contribution in [0.3, 0.4) is 0 Å². The van der Waals surface area contributed by atoms with E-state index in [0.29, 0.717) is 6.54 Å². The summed E-state index contributed by atoms with van der Waals surface area (Å²) in [6, 6.07) is 6.04. The molecule has 0 heterocycles. The fourth-order valence-electron chi connectivity index (χ4n) is 1.77. The standard InChI is InChI=1S/C15H25NO3/c1-5-13(10-17)16-9-12-6-7-14(19-11(2)3)15(8-12)18-4/h6-8,11,13,16-17H,5,9-10H2,1-4H3. The first kappa shape index (κ1) is 15.8. The summed E-state index contributed by atoms with van der Waals surface area (Å²) in [7, 11) is 1.64. The molecule has 1 unspecified atom stereocenters. The van der Waals surface area contributed by atoms with Crippen LogP contribution < -0.4 is 14.8 Å². The highest BCUT2D eigenvalue weighted by Gasteiger charge is 2.09. The molecule has 0 bridgehead atoms. The van der Waals surface area contributed by atoms with E-state index in [-0.39, 0.29) is 18.8 Å². The van der Waals surface area contributed by atoms with Gasteiger partial charge < -0.3 is 19.9 Å². The maximum Gasteiger partial charge on any atom is 0.161 e. The molecule has 0 fully saturated rings. The topological polar surface area (TPSA) is 50.7 Å². The maximum atomic E-state index is 9.14. The fraction of sp³-hybridized carbons (Fsp3) is 0.600. The van der Waals surface area contributed by atoms with Gasteiger partial charge in [0.1, 0.15) is 0 Å². The molecular formula is C15H25NO3. The van der Waals surface area contributed by atoms with Gasteiger partial charge in [-0.3, -0.25) is 0 Å². The Bertz CT molecular complexity index is 376. The van der Waals surface area contributed by atoms with Gasteiger partial charge in [-0.1, -0.05) is 13.0 Å². The van der Waals surface area contributed by atoms with Crippen LogP contribution in [0.1, 0.15) is 32.8 Å². The van der Waals surface area contributed by atoms with E-state index in [1.807, 2.05) is 39.0 Å². The SMILES string of the molecule is CCC(CO)NCc1ccc(OC(C)C)c(OC)c1. The predicted octanol–water partition coefficient (Wildman–Crippen LogP) is 2.34. The first-order valence-corrected chi connectivity index (χ1v) is 6.78. The summed E-state index contributed by atoms with van der Waals surface area (Å²) < 4.78 is 11.0. The number of aliphatic hydroxyl groups excluding tert-OH is 1. The molecule has 1 atom stereocenters. The van der Waals surface area contributed by atoms with E-state index < -0.39 is 0 Å². The molecule has 1 rings (SSSR count). The highest BCUT2D eigenvalue weighted by atomic mass is 16.5. The zero-order valence-corrected chi connectivity index (χ0v) is 12.3. The molecule has 1 aromatic rings. The molecule has 4 nitrogen and oxygen atoms in total. The molecular weight excluding hydrogens is 242 g/mol. The summed E-state index contributed by atoms with van der Waals surface area (Å²) in [5, 5.41) is 12.4. The second-order valence-corrected chi connectivity index (χ2v) is 4.82. The average molecular weight is 267 g/mol. The molecule has 0 radical (unpaired) electrons. The van der Waals surface area contributed by atoms with Crippen molar-refractivity contribution in [2.45, 2.75) is 45.9 Å². The Balaban J connectivity index is 2.70. The average Bonchev–Trinajstić information content (AvgIpc) is 2.40. The molecule has 0 aromatic heterocycles. The summed E-state index contributed by atoms with van der Waals surface area (Å²) >= 11 is 0. The third-order valence-corrected chi connectivity index (χ3v) is 2.90. The van der Waals surface area contributed by atoms with Gasteiger partial charge in [-0.15, -0.1) is 0 Å². The van der Waals surface area contributed by atoms with E-state index in [1.165, 1.54) is 0 Å². The lowest BCUT2D eigenvalue weighted by Crippen LogP contribution is -2.31. The van der Waals surface area contributed by atoms with Crippen LogP contribution in [0.5, 0.6) is 11.5 Å². The quantitative estimate of drug-likeness (QED) is 0.759. The Morgan fingerprint density at radius 3 is 2.53 bits per heavy atom. The minimum Gasteiger partial charge on any atom is -0.493 e. The van der Waals surface area contributed by atoms with E-state index in [4.69, 9.17) is 14.6 Å². The number of ether oxygens (including phenoxy) is 2. The lowest BCUT2D eigenvalue weighted by molar-refractivity contribution is 0.229. The van der Waals surface area contributed by atoms with Crippen LogP contribution in [0.15, 0.2) is 18.2 Å². The lowest BCUT2D eigenvalue weighted by atomic mass is 10.1. The van der Waals surface area contributed by atoms with Crippen molar-refractivity contribution in [3.63, 3.8) is 0 Å². The summed E-state index contributed by atoms with van der Waals surface area (Å²) in [4.78, 5) is 0. The van der Waals surface area contributed by atoms with Gasteiger partial charge in [-0.2, -0.15) is 0 Å². The summed E-state index contributed by atoms with van der Waals surface area (Å²) in [6.45, 7) is 6.89. The van der Waals surface area contributed by atoms with Crippen molar-refractivity contribution in [1.82, 2.24) is 5.32 Å². The van der Waals surface area contributed by atoms with E-state index in [0.717, 1.165) is 23.5 Å². The van der Waals surface area contributed by atoms with E-state index in [1.54, 1.807) is 7.11 Å². The molecule has 2 N–H and O–H groups in total. The first-order valence-electron chi connectivity index (χ1n) is 6.78. The zero-order chi connectivity index (χ0) is 14.3. The Morgan fingerprint density at radius 1 is 1.26 bits per heavy atom. The Kier molecular flexibility index (Phi) is 6.67. The van der Waals surface area contributed by atoms with Crippen molar-refractivity contribution in [3.8, 4) is 11.5 Å². The normalized spacial score (nSPS) is 12.5. The van der Waals surface area contributed by atoms with Crippen LogP contribution in [0, 0.1) is 0 Å². The van der Waals surface area contributed by atoms with Crippen LogP contribution in [-0.4, -0.2) is 31.0 Å². The van der Waals surface area contributed by atoms with Crippen molar-refractivity contribution in [2.24, 2.45) is 0 Å². The largest absolute Gasteiger partial charge is 0.493 e. The second-order valence-electron chi connectivity index (χ2n) is 4.82. The van der Waals surface area contributed by atoms with E-state index >= 15 is 0 Å². The van der Waals surface area contributed by atoms with Crippen LogP contribution >= 0.6 is 0 Å². The Morgan fingerprint density at radius 2 is 2.00 bits per heavy atom. The molecule has 4 heteroatoms. The molecule has 0 amide bonds. The zero-order valence-electron chi connectivity index (χ0n) is 12.3. The predicted molar refractivity (Wildman–Crippen MR) is 76.8 cm³/mol. The number of aliphatic hydroxyl groups is 1. The Labute approximate surface area is 115 Å². The van der Waals surface area contributed by atoms with Gasteiger partial charge in [0.25, 0.3) is 0 Å². The minimum atomic E-state index is 0.122. The number of hydrogen-bond donors (Lipinski definition) is 2. The van der Waals surface area contributed by atoms with Crippen molar-refractivity contribution in [2.75, 3.05) is 13.7 Å². The van der Waals surface area contributed by atoms with Gasteiger partial charge in [0.2, 0.25) is 0 Å². The molecule has 0 saturated heterocycles. The van der Waals surface area contributed by atoms with Crippen LogP contribution in [-0.2, 0) is 6.54 Å². The molecule has 0 spiro atoms. The van der Waals surface area contributed by atoms with E-state index in [9.17, 15) is 0 Å². The molecule has 108 valence electrons. The summed E-state index contributed by atoms with van der Waals surface area (Å²) in [5.74, 6) is 1.50. The second kappa shape index (κ2) is 8.02. The molecule has 0 aliphatic rings. The minimum absolute atomic E-state index is 0.122. The van der Waals surface area contributed by atoms with E-state index in [2.05, 4.69) is 5.32 Å². The van der Waals surface area contributed by atoms with Gasteiger partial charge in [0.15, 0.2) is 11.5 Å². The van der Waals surface area contributed by atoms with Crippen molar-refractivity contribution in [3.05, 3.63) is 23.8 Å². The number of nitrogens with one attached hydrogen (secondary N) is 1. The lowest BCUT2D eigenvalue weighted by Gasteiger charge is -2.16. The van der Waals surface area contributed by atoms with Crippen LogP contribution in [0.2, 0.25) is 0 Å². The number of benzene rings is 1. The van der Waals surface area contributed by atoms with Gasteiger partial charge in [0.05, 0.1) is 19.8 Å². The molecule has 0 aliphatic heterocycles. The summed E-state index contributed by atoms with van der Waals surface area (Å²) in [5.41, 5.74) is 1.11. The smallest absolute Gasteiger partial charge is 0.161 e. The highest BCUT2D eigenvalue weighted by molar-refractivity contribution is 5.43. The van der Waals surface area contributed by atoms with Gasteiger partial charge in [-0.05, 0) is 38.0 Å². The summed E-state index contributed by atoms with van der Waals surface area (Å²) in [6.07, 6.45) is 1.03. The molecule has 19 heavy (non-hydrogen) atoms. The third kappa shape index (κ3) is 5.09. The number of rotatable bonds is 8. The number of hydrogen-bond acceptors (Lipinski definition) is 4. The van der Waals surface area contributed by atoms with Gasteiger partial charge in [-0.25, -0.2) is 0 Å². The maximum absolute atomic E-state index is 9.14. The Hall–Kier alpha value is -1.26. The fourth-order valence-corrected chi connectivity index (χ4v) is 1.77. The van der Waals surface area contributed by atoms with Crippen molar-refractivity contribution in [1.29, 1.82) is 0 Å². The molecule has 0 aliphatic carbocycles. The van der Waals surface area contributed by atoms with Gasteiger partial charge in [0, 0.05) is 12.6 Å². The first-order chi connectivity index (χ1) is 9.10. The number of methoxy groups -OCH3 is 1. The molecule has 0 saturated carbocycles. The highest BCUT2D eigenvalue weighted by Crippen LogP contribution is 2.28. The van der Waals surface area contributed by atoms with Crippen LogP contribution in [0.4, 0.5) is 0 Å². The molecule has 1 aromatic carbocycles. The van der Waals surface area contributed by atoms with Crippen LogP contribution in [0.25, 0.3) is 0 Å². The monoisotopic (exact) mass is 267 g/mol. The third-order valence-electron chi connectivity index (χ3n) is 2.90. The van der Waals surface area contributed by atoms with Crippen molar-refractivity contribution >= 4 is 0 Å². The van der Waals surface area contributed by atoms with Crippen molar-refractivity contribution < 1.29 is 14.6 Å². The van der Waals surface area contributed by atoms with Gasteiger partial charge >= 0.3 is 0 Å².